The summed E-state index contributed by atoms with van der Waals surface area (Å²) in [7, 11) is 1.15. The van der Waals surface area contributed by atoms with E-state index in [2.05, 4.69) is 0 Å². The van der Waals surface area contributed by atoms with Gasteiger partial charge in [0.2, 0.25) is 5.78 Å². The molecule has 2 aromatic rings. The molecule has 13 atom stereocenters. The fourth-order valence-electron chi connectivity index (χ4n) is 9.19. The van der Waals surface area contributed by atoms with Crippen LogP contribution in [-0.2, 0) is 47.5 Å². The molecule has 16 nitrogen and oxygen atoms in total. The van der Waals surface area contributed by atoms with Crippen molar-refractivity contribution in [3.05, 3.63) is 51.6 Å². The molecule has 0 bridgehead atoms. The molecule has 4 saturated heterocycles. The number of phenolic OH excluding ortho intramolecular Hbond substituents is 3. The van der Waals surface area contributed by atoms with Gasteiger partial charge in [-0.25, -0.2) is 0 Å². The van der Waals surface area contributed by atoms with Crippen LogP contribution in [0.1, 0.15) is 121 Å². The van der Waals surface area contributed by atoms with E-state index < -0.39 is 125 Å². The summed E-state index contributed by atoms with van der Waals surface area (Å²) in [5.74, 6) is -5.82. The maximum Gasteiger partial charge on any atom is 0.316 e. The molecule has 4 aliphatic heterocycles. The van der Waals surface area contributed by atoms with Crippen LogP contribution in [-0.4, -0.2) is 118 Å². The summed E-state index contributed by atoms with van der Waals surface area (Å²) in [4.78, 5) is 53.3. The summed E-state index contributed by atoms with van der Waals surface area (Å²) < 4.78 is 48.7. The Morgan fingerprint density at radius 3 is 2.23 bits per heavy atom. The monoisotopic (exact) mass is 782 g/mol. The van der Waals surface area contributed by atoms with Crippen molar-refractivity contribution in [2.45, 2.75) is 145 Å². The van der Waals surface area contributed by atoms with Crippen LogP contribution in [0, 0.1) is 0 Å². The number of ether oxygens (including phenoxy) is 8. The predicted octanol–water partition coefficient (Wildman–Crippen LogP) is 3.34. The molecule has 0 radical (unpaired) electrons. The highest BCUT2D eigenvalue weighted by Gasteiger charge is 2.54. The number of esters is 1. The summed E-state index contributed by atoms with van der Waals surface area (Å²) in [6.07, 6.45) is -5.38. The lowest BCUT2D eigenvalue weighted by Gasteiger charge is -2.50. The first-order valence-electron chi connectivity index (χ1n) is 19.1. The molecule has 6 aliphatic rings. The second-order valence-electron chi connectivity index (χ2n) is 15.6. The normalized spacial score (nSPS) is 37.8. The highest BCUT2D eigenvalue weighted by molar-refractivity contribution is 6.31. The molecule has 4 N–H and O–H groups in total. The van der Waals surface area contributed by atoms with E-state index in [0.29, 0.717) is 19.3 Å². The van der Waals surface area contributed by atoms with E-state index in [9.17, 15) is 39.6 Å². The fourth-order valence-corrected chi connectivity index (χ4v) is 9.19. The first-order chi connectivity index (χ1) is 26.6. The average molecular weight is 783 g/mol. The molecule has 0 saturated carbocycles. The molecule has 10 unspecified atom stereocenters. The van der Waals surface area contributed by atoms with Crippen LogP contribution in [0.2, 0.25) is 0 Å². The first-order valence-corrected chi connectivity index (χ1v) is 19.1. The zero-order valence-corrected chi connectivity index (χ0v) is 31.6. The van der Waals surface area contributed by atoms with Gasteiger partial charge in [0.25, 0.3) is 0 Å². The zero-order valence-electron chi connectivity index (χ0n) is 31.6. The second kappa shape index (κ2) is 14.4. The largest absolute Gasteiger partial charge is 0.507 e. The fraction of sp³-hybridized carbons (Fsp3) is 0.600. The predicted molar refractivity (Wildman–Crippen MR) is 188 cm³/mol. The molecule has 4 fully saturated rings. The quantitative estimate of drug-likeness (QED) is 0.208. The van der Waals surface area contributed by atoms with Gasteiger partial charge in [-0.1, -0.05) is 6.92 Å². The van der Waals surface area contributed by atoms with Crippen LogP contribution in [0.25, 0.3) is 0 Å². The third-order valence-electron chi connectivity index (χ3n) is 12.2. The summed E-state index contributed by atoms with van der Waals surface area (Å²) in [5, 5.41) is 45.0. The smallest absolute Gasteiger partial charge is 0.316 e. The van der Waals surface area contributed by atoms with E-state index >= 15 is 0 Å². The molecule has 2 aliphatic carbocycles. The number of hydrogen-bond donors (Lipinski definition) is 4. The van der Waals surface area contributed by atoms with Crippen LogP contribution < -0.4 is 0 Å². The summed E-state index contributed by atoms with van der Waals surface area (Å²) in [6.45, 7) is 7.05. The Hall–Kier alpha value is -4.00. The molecular weight excluding hydrogens is 736 g/mol. The molecule has 56 heavy (non-hydrogen) atoms. The number of aromatic hydroxyl groups is 3. The van der Waals surface area contributed by atoms with E-state index in [1.165, 1.54) is 6.07 Å². The van der Waals surface area contributed by atoms with Gasteiger partial charge in [-0.2, -0.15) is 0 Å². The topological polar surface area (TPSA) is 223 Å². The van der Waals surface area contributed by atoms with Crippen LogP contribution in [0.4, 0.5) is 0 Å². The standard InChI is InChI=1S/C40H46O16/c1-6-40(48)14-26(29-18(33(40)38(47)49-5)11-19-30(35(29)45)36(46)32-21(42)8-7-20(41)31(32)34(19)44)55-27-10-9-23(16(3)50-27)54-28-13-24-37(17(4)51-28)56-39-25(53-24)12-22(43)15(2)52-39/h7-8,11,15-17,23-28,33,37,39,41-42,45,48H,6,9-10,12-14H2,1-5H3/t15?,16?,17?,23?,24?,25?,26-,27?,28?,33-,37?,39?,40+/m0/s1. The second-order valence-corrected chi connectivity index (χ2v) is 15.6. The van der Waals surface area contributed by atoms with Gasteiger partial charge in [0.05, 0.1) is 59.9 Å². The molecule has 4 heterocycles. The minimum Gasteiger partial charge on any atom is -0.507 e. The Morgan fingerprint density at radius 1 is 0.857 bits per heavy atom. The third kappa shape index (κ3) is 6.30. The number of rotatable bonds is 6. The first kappa shape index (κ1) is 38.9. The van der Waals surface area contributed by atoms with Crippen LogP contribution in [0.15, 0.2) is 18.2 Å². The molecule has 2 aromatic carbocycles. The number of hydrogen-bond acceptors (Lipinski definition) is 16. The van der Waals surface area contributed by atoms with Crippen molar-refractivity contribution in [1.82, 2.24) is 0 Å². The Kier molecular flexibility index (Phi) is 10.0. The molecule has 0 aromatic heterocycles. The Bertz CT molecular complexity index is 1960. The maximum atomic E-state index is 13.9. The van der Waals surface area contributed by atoms with Gasteiger partial charge in [0, 0.05) is 36.8 Å². The van der Waals surface area contributed by atoms with E-state index in [1.54, 1.807) is 13.8 Å². The average Bonchev–Trinajstić information content (AvgIpc) is 3.15. The van der Waals surface area contributed by atoms with E-state index in [1.807, 2.05) is 13.8 Å². The Balaban J connectivity index is 1.02. The van der Waals surface area contributed by atoms with Crippen LogP contribution in [0.5, 0.6) is 17.2 Å². The van der Waals surface area contributed by atoms with E-state index in [0.717, 1.165) is 19.2 Å². The lowest BCUT2D eigenvalue weighted by Crippen LogP contribution is -2.61. The van der Waals surface area contributed by atoms with Gasteiger partial charge < -0.3 is 58.3 Å². The number of benzene rings is 2. The van der Waals surface area contributed by atoms with Gasteiger partial charge in [0.15, 0.2) is 30.4 Å². The van der Waals surface area contributed by atoms with Crippen molar-refractivity contribution in [2.75, 3.05) is 7.11 Å². The molecule has 302 valence electrons. The molecule has 0 amide bonds. The highest BCUT2D eigenvalue weighted by atomic mass is 16.8. The molecule has 16 heteroatoms. The van der Waals surface area contributed by atoms with Gasteiger partial charge in [-0.3, -0.25) is 19.2 Å². The minimum absolute atomic E-state index is 0.00763. The Labute approximate surface area is 321 Å². The van der Waals surface area contributed by atoms with Gasteiger partial charge in [-0.05, 0) is 57.4 Å². The highest BCUT2D eigenvalue weighted by Crippen LogP contribution is 2.54. The van der Waals surface area contributed by atoms with Crippen molar-refractivity contribution >= 4 is 23.3 Å². The van der Waals surface area contributed by atoms with Crippen molar-refractivity contribution in [3.63, 3.8) is 0 Å². The zero-order chi connectivity index (χ0) is 40.0. The number of methoxy groups -OCH3 is 1. The third-order valence-corrected chi connectivity index (χ3v) is 12.2. The van der Waals surface area contributed by atoms with Crippen molar-refractivity contribution < 1.29 is 77.5 Å². The number of carbonyl (C=O) groups excluding carboxylic acids is 4. The number of carbonyl (C=O) groups is 4. The minimum atomic E-state index is -1.77. The number of ketones is 3. The van der Waals surface area contributed by atoms with Crippen LogP contribution >= 0.6 is 0 Å². The van der Waals surface area contributed by atoms with E-state index in [4.69, 9.17) is 37.9 Å². The van der Waals surface area contributed by atoms with Crippen molar-refractivity contribution in [1.29, 1.82) is 0 Å². The van der Waals surface area contributed by atoms with Crippen molar-refractivity contribution in [3.8, 4) is 17.2 Å². The molecular formula is C40H46O16. The molecule has 0 spiro atoms. The number of Topliss-reactive ketones (excluding diaryl/α,β-unsaturated/α-hetero) is 1. The van der Waals surface area contributed by atoms with Gasteiger partial charge in [0.1, 0.15) is 41.5 Å². The summed E-state index contributed by atoms with van der Waals surface area (Å²) in [6, 6.07) is 3.39. The SMILES string of the molecule is CC[C@@]1(O)C[C@H](OC2CCC(OC3CC4OC5CC(=O)C(C)OC5OC4C(C)O3)C(C)O2)c2c(cc3c(c2O)C(=O)c2c(O)ccc(O)c2C3=O)[C@H]1C(=O)OC. The van der Waals surface area contributed by atoms with Gasteiger partial charge in [-0.15, -0.1) is 0 Å². The van der Waals surface area contributed by atoms with E-state index in [-0.39, 0.29) is 47.8 Å². The number of aliphatic hydroxyl groups is 1. The lowest BCUT2D eigenvalue weighted by molar-refractivity contribution is -0.369. The summed E-state index contributed by atoms with van der Waals surface area (Å²) >= 11 is 0. The van der Waals surface area contributed by atoms with Crippen molar-refractivity contribution in [2.24, 2.45) is 0 Å². The lowest BCUT2D eigenvalue weighted by atomic mass is 9.67. The molecule has 8 rings (SSSR count). The van der Waals surface area contributed by atoms with Gasteiger partial charge >= 0.3 is 5.97 Å². The Morgan fingerprint density at radius 2 is 1.55 bits per heavy atom. The van der Waals surface area contributed by atoms with Crippen LogP contribution in [0.3, 0.4) is 0 Å². The number of phenols is 3. The summed E-state index contributed by atoms with van der Waals surface area (Å²) in [5.41, 5.74) is -3.43. The maximum absolute atomic E-state index is 13.9. The number of fused-ring (bicyclic) bond motifs is 5.